The van der Waals surface area contributed by atoms with Crippen molar-refractivity contribution in [3.8, 4) is 0 Å². The fraction of sp³-hybridized carbons (Fsp3) is 0.800. The molecule has 0 radical (unpaired) electrons. The van der Waals surface area contributed by atoms with Crippen LogP contribution in [0.5, 0.6) is 0 Å². The SMILES string of the molecule is COCC(=O)NCCC(=O)N1CCOCC1. The van der Waals surface area contributed by atoms with Crippen molar-refractivity contribution >= 4 is 11.8 Å². The van der Waals surface area contributed by atoms with E-state index in [4.69, 9.17) is 4.74 Å². The van der Waals surface area contributed by atoms with E-state index >= 15 is 0 Å². The molecule has 0 aromatic carbocycles. The topological polar surface area (TPSA) is 67.9 Å². The van der Waals surface area contributed by atoms with Crippen molar-refractivity contribution in [1.29, 1.82) is 0 Å². The van der Waals surface area contributed by atoms with Crippen LogP contribution in [0.25, 0.3) is 0 Å². The van der Waals surface area contributed by atoms with E-state index in [9.17, 15) is 9.59 Å². The van der Waals surface area contributed by atoms with Gasteiger partial charge in [0.05, 0.1) is 13.2 Å². The Hall–Kier alpha value is -1.14. The van der Waals surface area contributed by atoms with Crippen LogP contribution < -0.4 is 5.32 Å². The van der Waals surface area contributed by atoms with E-state index < -0.39 is 0 Å². The molecule has 1 fully saturated rings. The zero-order valence-electron chi connectivity index (χ0n) is 9.53. The highest BCUT2D eigenvalue weighted by atomic mass is 16.5. The van der Waals surface area contributed by atoms with Crippen molar-refractivity contribution in [2.75, 3.05) is 46.6 Å². The van der Waals surface area contributed by atoms with Crippen molar-refractivity contribution in [2.45, 2.75) is 6.42 Å². The molecule has 0 aromatic heterocycles. The van der Waals surface area contributed by atoms with Crippen LogP contribution in [0.2, 0.25) is 0 Å². The predicted molar refractivity (Wildman–Crippen MR) is 56.9 cm³/mol. The number of morpholine rings is 1. The lowest BCUT2D eigenvalue weighted by Gasteiger charge is -2.26. The molecular weight excluding hydrogens is 212 g/mol. The fourth-order valence-electron chi connectivity index (χ4n) is 1.46. The number of nitrogens with one attached hydrogen (secondary N) is 1. The van der Waals surface area contributed by atoms with Gasteiger partial charge in [-0.3, -0.25) is 9.59 Å². The van der Waals surface area contributed by atoms with Crippen LogP contribution in [0, 0.1) is 0 Å². The minimum absolute atomic E-state index is 0.0335. The summed E-state index contributed by atoms with van der Waals surface area (Å²) in [4.78, 5) is 24.4. The van der Waals surface area contributed by atoms with E-state index in [1.165, 1.54) is 7.11 Å². The van der Waals surface area contributed by atoms with Gasteiger partial charge in [0.25, 0.3) is 0 Å². The van der Waals surface area contributed by atoms with Gasteiger partial charge in [0.1, 0.15) is 6.61 Å². The number of carbonyl (C=O) groups is 2. The monoisotopic (exact) mass is 230 g/mol. The Balaban J connectivity index is 2.12. The molecule has 0 aromatic rings. The molecule has 1 rings (SSSR count). The molecule has 1 N–H and O–H groups in total. The summed E-state index contributed by atoms with van der Waals surface area (Å²) in [6, 6.07) is 0. The fourth-order valence-corrected chi connectivity index (χ4v) is 1.46. The smallest absolute Gasteiger partial charge is 0.245 e. The Morgan fingerprint density at radius 1 is 1.38 bits per heavy atom. The number of hydrogen-bond acceptors (Lipinski definition) is 4. The Morgan fingerprint density at radius 3 is 2.69 bits per heavy atom. The Bertz CT molecular complexity index is 239. The first kappa shape index (κ1) is 12.9. The zero-order chi connectivity index (χ0) is 11.8. The second-order valence-electron chi connectivity index (χ2n) is 3.53. The van der Waals surface area contributed by atoms with Gasteiger partial charge in [-0.1, -0.05) is 0 Å². The largest absolute Gasteiger partial charge is 0.378 e. The lowest BCUT2D eigenvalue weighted by atomic mass is 10.3. The van der Waals surface area contributed by atoms with E-state index in [0.717, 1.165) is 0 Å². The van der Waals surface area contributed by atoms with Crippen LogP contribution in [0.3, 0.4) is 0 Å². The average molecular weight is 230 g/mol. The highest BCUT2D eigenvalue weighted by molar-refractivity contribution is 5.79. The number of nitrogens with zero attached hydrogens (tertiary/aromatic N) is 1. The third-order valence-electron chi connectivity index (χ3n) is 2.30. The maximum Gasteiger partial charge on any atom is 0.245 e. The van der Waals surface area contributed by atoms with Crippen molar-refractivity contribution in [3.63, 3.8) is 0 Å². The molecule has 2 amide bonds. The summed E-state index contributed by atoms with van der Waals surface area (Å²) in [5.41, 5.74) is 0. The number of methoxy groups -OCH3 is 1. The summed E-state index contributed by atoms with van der Waals surface area (Å²) in [7, 11) is 1.46. The van der Waals surface area contributed by atoms with Gasteiger partial charge >= 0.3 is 0 Å². The quantitative estimate of drug-likeness (QED) is 0.657. The Labute approximate surface area is 94.9 Å². The molecule has 0 spiro atoms. The molecule has 1 heterocycles. The summed E-state index contributed by atoms with van der Waals surface area (Å²) in [5, 5.41) is 2.61. The second-order valence-corrected chi connectivity index (χ2v) is 3.53. The molecule has 1 aliphatic heterocycles. The van der Waals surface area contributed by atoms with Gasteiger partial charge < -0.3 is 19.7 Å². The molecule has 0 unspecified atom stereocenters. The van der Waals surface area contributed by atoms with Crippen LogP contribution in [-0.4, -0.2) is 63.3 Å². The molecule has 0 saturated carbocycles. The number of carbonyl (C=O) groups excluding carboxylic acids is 2. The standard InChI is InChI=1S/C10H18N2O4/c1-15-8-9(13)11-3-2-10(14)12-4-6-16-7-5-12/h2-8H2,1H3,(H,11,13). The highest BCUT2D eigenvalue weighted by Crippen LogP contribution is 1.99. The number of rotatable bonds is 5. The summed E-state index contributed by atoms with van der Waals surface area (Å²) in [6.07, 6.45) is 0.329. The van der Waals surface area contributed by atoms with E-state index in [0.29, 0.717) is 39.3 Å². The van der Waals surface area contributed by atoms with Gasteiger partial charge in [-0.15, -0.1) is 0 Å². The van der Waals surface area contributed by atoms with Gasteiger partial charge in [0, 0.05) is 33.2 Å². The third-order valence-corrected chi connectivity index (χ3v) is 2.30. The van der Waals surface area contributed by atoms with Gasteiger partial charge in [-0.25, -0.2) is 0 Å². The normalized spacial score (nSPS) is 15.9. The molecule has 0 atom stereocenters. The van der Waals surface area contributed by atoms with E-state index in [-0.39, 0.29) is 18.4 Å². The van der Waals surface area contributed by atoms with Crippen molar-refractivity contribution in [1.82, 2.24) is 10.2 Å². The van der Waals surface area contributed by atoms with Crippen LogP contribution >= 0.6 is 0 Å². The molecule has 0 aliphatic carbocycles. The summed E-state index contributed by atoms with van der Waals surface area (Å²) in [5.74, 6) is -0.140. The van der Waals surface area contributed by atoms with Crippen molar-refractivity contribution in [2.24, 2.45) is 0 Å². The first-order valence-corrected chi connectivity index (χ1v) is 5.35. The van der Waals surface area contributed by atoms with Gasteiger partial charge in [0.15, 0.2) is 0 Å². The lowest BCUT2D eigenvalue weighted by Crippen LogP contribution is -2.42. The molecule has 92 valence electrons. The average Bonchev–Trinajstić information content (AvgIpc) is 2.30. The van der Waals surface area contributed by atoms with Crippen molar-refractivity contribution < 1.29 is 19.1 Å². The van der Waals surface area contributed by atoms with Gasteiger partial charge in [-0.05, 0) is 0 Å². The molecule has 1 aliphatic rings. The molecule has 6 nitrogen and oxygen atoms in total. The number of ether oxygens (including phenoxy) is 2. The Morgan fingerprint density at radius 2 is 2.06 bits per heavy atom. The van der Waals surface area contributed by atoms with E-state index in [1.54, 1.807) is 4.90 Å². The maximum atomic E-state index is 11.6. The van der Waals surface area contributed by atoms with Crippen LogP contribution in [0.4, 0.5) is 0 Å². The van der Waals surface area contributed by atoms with Crippen LogP contribution in [0.15, 0.2) is 0 Å². The maximum absolute atomic E-state index is 11.6. The molecule has 6 heteroatoms. The first-order valence-electron chi connectivity index (χ1n) is 5.35. The Kier molecular flexibility index (Phi) is 5.81. The van der Waals surface area contributed by atoms with Gasteiger partial charge in [-0.2, -0.15) is 0 Å². The third kappa shape index (κ3) is 4.59. The zero-order valence-corrected chi connectivity index (χ0v) is 9.53. The second kappa shape index (κ2) is 7.19. The summed E-state index contributed by atoms with van der Waals surface area (Å²) in [6.45, 7) is 2.88. The molecule has 16 heavy (non-hydrogen) atoms. The van der Waals surface area contributed by atoms with Crippen molar-refractivity contribution in [3.05, 3.63) is 0 Å². The van der Waals surface area contributed by atoms with Crippen LogP contribution in [-0.2, 0) is 19.1 Å². The highest BCUT2D eigenvalue weighted by Gasteiger charge is 2.16. The number of amides is 2. The molecular formula is C10H18N2O4. The van der Waals surface area contributed by atoms with Gasteiger partial charge in [0.2, 0.25) is 11.8 Å². The van der Waals surface area contributed by atoms with E-state index in [2.05, 4.69) is 10.1 Å². The van der Waals surface area contributed by atoms with Crippen LogP contribution in [0.1, 0.15) is 6.42 Å². The summed E-state index contributed by atoms with van der Waals surface area (Å²) < 4.78 is 9.80. The number of hydrogen-bond donors (Lipinski definition) is 1. The summed E-state index contributed by atoms with van der Waals surface area (Å²) >= 11 is 0. The predicted octanol–water partition coefficient (Wildman–Crippen LogP) is -1.00. The molecule has 0 bridgehead atoms. The minimum Gasteiger partial charge on any atom is -0.378 e. The van der Waals surface area contributed by atoms with E-state index in [1.807, 2.05) is 0 Å². The minimum atomic E-state index is -0.197. The molecule has 1 saturated heterocycles. The first-order chi connectivity index (χ1) is 7.74. The lowest BCUT2D eigenvalue weighted by molar-refractivity contribution is -0.135.